The van der Waals surface area contributed by atoms with Crippen molar-refractivity contribution in [3.8, 4) is 5.75 Å². The molecule has 2 rings (SSSR count). The number of rotatable bonds is 4. The number of benzene rings is 2. The van der Waals surface area contributed by atoms with E-state index in [-0.39, 0.29) is 15.6 Å². The summed E-state index contributed by atoms with van der Waals surface area (Å²) in [5.74, 6) is 0.547. The van der Waals surface area contributed by atoms with Crippen LogP contribution in [0, 0.1) is 0 Å². The first-order valence-corrected chi connectivity index (χ1v) is 7.50. The van der Waals surface area contributed by atoms with Gasteiger partial charge in [-0.15, -0.1) is 0 Å². The van der Waals surface area contributed by atoms with Crippen LogP contribution in [0.5, 0.6) is 5.75 Å². The molecule has 0 atom stereocenters. The number of anilines is 2. The van der Waals surface area contributed by atoms with Gasteiger partial charge in [-0.05, 0) is 36.4 Å². The first kappa shape index (κ1) is 14.5. The Morgan fingerprint density at radius 3 is 2.35 bits per heavy atom. The molecule has 106 valence electrons. The summed E-state index contributed by atoms with van der Waals surface area (Å²) < 4.78 is 31.8. The monoisotopic (exact) mass is 312 g/mol. The number of sulfonamides is 1. The number of ether oxygens (including phenoxy) is 1. The molecular formula is C13H13ClN2O3S. The van der Waals surface area contributed by atoms with Gasteiger partial charge >= 0.3 is 0 Å². The zero-order valence-electron chi connectivity index (χ0n) is 10.6. The molecule has 5 nitrogen and oxygen atoms in total. The molecule has 0 amide bonds. The maximum absolute atomic E-state index is 12.2. The number of nitrogens with two attached hydrogens (primary N) is 1. The maximum atomic E-state index is 12.2. The van der Waals surface area contributed by atoms with Crippen LogP contribution in [0.4, 0.5) is 11.4 Å². The fourth-order valence-electron chi connectivity index (χ4n) is 1.56. The summed E-state index contributed by atoms with van der Waals surface area (Å²) in [5, 5.41) is 0.253. The molecule has 0 heterocycles. The number of methoxy groups -OCH3 is 1. The number of hydrogen-bond donors (Lipinski definition) is 2. The standard InChI is InChI=1S/C13H13ClN2O3S/c1-19-10-4-7-13(12(14)8-10)16-20(17,18)11-5-2-9(15)3-6-11/h2-8,16H,15H2,1H3. The van der Waals surface area contributed by atoms with Crippen molar-refractivity contribution in [3.63, 3.8) is 0 Å². The molecule has 20 heavy (non-hydrogen) atoms. The summed E-state index contributed by atoms with van der Waals surface area (Å²) in [4.78, 5) is 0.110. The molecule has 2 aromatic carbocycles. The topological polar surface area (TPSA) is 81.4 Å². The van der Waals surface area contributed by atoms with E-state index >= 15 is 0 Å². The Balaban J connectivity index is 2.31. The van der Waals surface area contributed by atoms with Crippen molar-refractivity contribution in [1.82, 2.24) is 0 Å². The Morgan fingerprint density at radius 2 is 1.80 bits per heavy atom. The minimum atomic E-state index is -3.70. The Kier molecular flexibility index (Phi) is 4.06. The third-order valence-electron chi connectivity index (χ3n) is 2.61. The van der Waals surface area contributed by atoms with Gasteiger partial charge in [-0.25, -0.2) is 8.42 Å². The van der Waals surface area contributed by atoms with Crippen LogP contribution >= 0.6 is 11.6 Å². The van der Waals surface area contributed by atoms with Gasteiger partial charge in [0.25, 0.3) is 10.0 Å². The summed E-state index contributed by atoms with van der Waals surface area (Å²) in [6, 6.07) is 10.6. The Labute approximate surface area is 122 Å². The summed E-state index contributed by atoms with van der Waals surface area (Å²) >= 11 is 6.00. The maximum Gasteiger partial charge on any atom is 0.261 e. The zero-order chi connectivity index (χ0) is 14.8. The molecule has 0 fully saturated rings. The Bertz CT molecular complexity index is 715. The largest absolute Gasteiger partial charge is 0.497 e. The average Bonchev–Trinajstić information content (AvgIpc) is 2.41. The molecule has 0 unspecified atom stereocenters. The SMILES string of the molecule is COc1ccc(NS(=O)(=O)c2ccc(N)cc2)c(Cl)c1. The zero-order valence-corrected chi connectivity index (χ0v) is 12.2. The molecule has 0 aliphatic heterocycles. The van der Waals surface area contributed by atoms with Crippen molar-refractivity contribution in [3.05, 3.63) is 47.5 Å². The quantitative estimate of drug-likeness (QED) is 0.851. The minimum absolute atomic E-state index is 0.110. The number of halogens is 1. The highest BCUT2D eigenvalue weighted by Gasteiger charge is 2.15. The lowest BCUT2D eigenvalue weighted by atomic mass is 10.3. The van der Waals surface area contributed by atoms with Crippen LogP contribution in [0.25, 0.3) is 0 Å². The van der Waals surface area contributed by atoms with Gasteiger partial charge in [0.2, 0.25) is 0 Å². The molecule has 3 N–H and O–H groups in total. The molecule has 0 saturated carbocycles. The lowest BCUT2D eigenvalue weighted by Gasteiger charge is -2.10. The average molecular weight is 313 g/mol. The molecule has 0 aliphatic carbocycles. The molecule has 0 radical (unpaired) electrons. The van der Waals surface area contributed by atoms with Crippen LogP contribution in [-0.4, -0.2) is 15.5 Å². The number of nitrogens with one attached hydrogen (secondary N) is 1. The highest BCUT2D eigenvalue weighted by atomic mass is 35.5. The van der Waals surface area contributed by atoms with Crippen LogP contribution in [0.1, 0.15) is 0 Å². The van der Waals surface area contributed by atoms with Gasteiger partial charge in [0.1, 0.15) is 5.75 Å². The van der Waals surface area contributed by atoms with Gasteiger partial charge in [-0.2, -0.15) is 0 Å². The third kappa shape index (κ3) is 3.15. The van der Waals surface area contributed by atoms with E-state index < -0.39 is 10.0 Å². The van der Waals surface area contributed by atoms with E-state index in [9.17, 15) is 8.42 Å². The summed E-state index contributed by atoms with van der Waals surface area (Å²) in [6.45, 7) is 0. The summed E-state index contributed by atoms with van der Waals surface area (Å²) in [5.41, 5.74) is 6.30. The number of nitrogen functional groups attached to an aromatic ring is 1. The van der Waals surface area contributed by atoms with Gasteiger partial charge < -0.3 is 10.5 Å². The van der Waals surface area contributed by atoms with E-state index in [1.54, 1.807) is 6.07 Å². The Hall–Kier alpha value is -1.92. The lowest BCUT2D eigenvalue weighted by molar-refractivity contribution is 0.415. The van der Waals surface area contributed by atoms with Gasteiger partial charge in [-0.1, -0.05) is 11.6 Å². The van der Waals surface area contributed by atoms with E-state index in [1.165, 1.54) is 43.5 Å². The highest BCUT2D eigenvalue weighted by Crippen LogP contribution is 2.28. The normalized spacial score (nSPS) is 11.1. The fraction of sp³-hybridized carbons (Fsp3) is 0.0769. The smallest absolute Gasteiger partial charge is 0.261 e. The van der Waals surface area contributed by atoms with Crippen molar-refractivity contribution in [2.45, 2.75) is 4.90 Å². The van der Waals surface area contributed by atoms with Gasteiger partial charge in [0.05, 0.1) is 22.7 Å². The van der Waals surface area contributed by atoms with Crippen molar-refractivity contribution >= 4 is 33.0 Å². The molecule has 2 aromatic rings. The van der Waals surface area contributed by atoms with Crippen molar-refractivity contribution in [1.29, 1.82) is 0 Å². The predicted molar refractivity (Wildman–Crippen MR) is 79.7 cm³/mol. The lowest BCUT2D eigenvalue weighted by Crippen LogP contribution is -2.13. The molecule has 0 saturated heterocycles. The van der Waals surface area contributed by atoms with Crippen molar-refractivity contribution in [2.75, 3.05) is 17.6 Å². The second-order valence-corrected chi connectivity index (χ2v) is 6.11. The van der Waals surface area contributed by atoms with Crippen LogP contribution in [0.3, 0.4) is 0 Å². The predicted octanol–water partition coefficient (Wildman–Crippen LogP) is 2.73. The minimum Gasteiger partial charge on any atom is -0.497 e. The second kappa shape index (κ2) is 5.60. The molecular weight excluding hydrogens is 300 g/mol. The van der Waals surface area contributed by atoms with Crippen molar-refractivity contribution in [2.24, 2.45) is 0 Å². The molecule has 0 bridgehead atoms. The Morgan fingerprint density at radius 1 is 1.15 bits per heavy atom. The van der Waals surface area contributed by atoms with Crippen LogP contribution in [0.15, 0.2) is 47.4 Å². The molecule has 0 aliphatic rings. The van der Waals surface area contributed by atoms with Crippen molar-refractivity contribution < 1.29 is 13.2 Å². The first-order valence-electron chi connectivity index (χ1n) is 5.64. The van der Waals surface area contributed by atoms with E-state index in [1.807, 2.05) is 0 Å². The highest BCUT2D eigenvalue weighted by molar-refractivity contribution is 7.92. The second-order valence-electron chi connectivity index (χ2n) is 4.02. The van der Waals surface area contributed by atoms with E-state index in [4.69, 9.17) is 22.1 Å². The molecule has 0 aromatic heterocycles. The van der Waals surface area contributed by atoms with E-state index in [0.717, 1.165) is 0 Å². The van der Waals surface area contributed by atoms with Crippen LogP contribution in [0.2, 0.25) is 5.02 Å². The van der Waals surface area contributed by atoms with Gasteiger partial charge in [0, 0.05) is 11.8 Å². The molecule has 7 heteroatoms. The first-order chi connectivity index (χ1) is 9.42. The van der Waals surface area contributed by atoms with Gasteiger partial charge in [0.15, 0.2) is 0 Å². The summed E-state index contributed by atoms with van der Waals surface area (Å²) in [6.07, 6.45) is 0. The summed E-state index contributed by atoms with van der Waals surface area (Å²) in [7, 11) is -2.20. The van der Waals surface area contributed by atoms with Gasteiger partial charge in [-0.3, -0.25) is 4.72 Å². The van der Waals surface area contributed by atoms with E-state index in [0.29, 0.717) is 11.4 Å². The molecule has 0 spiro atoms. The third-order valence-corrected chi connectivity index (χ3v) is 4.31. The fourth-order valence-corrected chi connectivity index (χ4v) is 2.91. The van der Waals surface area contributed by atoms with Crippen LogP contribution in [-0.2, 0) is 10.0 Å². The van der Waals surface area contributed by atoms with E-state index in [2.05, 4.69) is 4.72 Å². The van der Waals surface area contributed by atoms with Crippen LogP contribution < -0.4 is 15.2 Å². The number of hydrogen-bond acceptors (Lipinski definition) is 4.